The molecule has 0 unspecified atom stereocenters. The zero-order chi connectivity index (χ0) is 18.5. The molecule has 0 aromatic carbocycles. The molecule has 0 bridgehead atoms. The second-order valence-corrected chi connectivity index (χ2v) is 7.99. The van der Waals surface area contributed by atoms with Crippen molar-refractivity contribution in [3.05, 3.63) is 0 Å². The van der Waals surface area contributed by atoms with E-state index >= 15 is 0 Å². The van der Waals surface area contributed by atoms with Gasteiger partial charge in [0.1, 0.15) is 0 Å². The van der Waals surface area contributed by atoms with Crippen LogP contribution in [0.5, 0.6) is 0 Å². The van der Waals surface area contributed by atoms with Crippen LogP contribution in [0.1, 0.15) is 60.3 Å². The molecule has 0 aromatic rings. The van der Waals surface area contributed by atoms with Crippen LogP contribution < -0.4 is 0 Å². The first-order chi connectivity index (χ1) is 10.9. The van der Waals surface area contributed by atoms with Crippen LogP contribution in [0.4, 0.5) is 13.2 Å². The van der Waals surface area contributed by atoms with Crippen molar-refractivity contribution in [1.29, 1.82) is 0 Å². The maximum absolute atomic E-state index is 13.8. The van der Waals surface area contributed by atoms with Gasteiger partial charge >= 0.3 is 6.18 Å². The number of aliphatic hydroxyl groups is 1. The predicted molar refractivity (Wildman–Crippen MR) is 85.0 cm³/mol. The number of fused-ring (bicyclic) bond motifs is 1. The van der Waals surface area contributed by atoms with E-state index in [0.29, 0.717) is 17.1 Å². The molecule has 0 spiro atoms. The summed E-state index contributed by atoms with van der Waals surface area (Å²) in [5, 5.41) is 14.9. The molecule has 1 amide bonds. The Morgan fingerprint density at radius 1 is 1.42 bits per heavy atom. The van der Waals surface area contributed by atoms with Gasteiger partial charge < -0.3 is 5.11 Å². The number of alkyl halides is 3. The molecule has 1 fully saturated rings. The summed E-state index contributed by atoms with van der Waals surface area (Å²) in [6, 6.07) is 0. The van der Waals surface area contributed by atoms with E-state index in [2.05, 4.69) is 5.10 Å². The zero-order valence-electron chi connectivity index (χ0n) is 14.9. The Labute approximate surface area is 141 Å². The molecule has 0 aromatic heterocycles. The first kappa shape index (κ1) is 19.2. The summed E-state index contributed by atoms with van der Waals surface area (Å²) in [5.74, 6) is -2.60. The van der Waals surface area contributed by atoms with Gasteiger partial charge in [-0.1, -0.05) is 41.0 Å². The third kappa shape index (κ3) is 2.85. The van der Waals surface area contributed by atoms with Crippen LogP contribution >= 0.6 is 0 Å². The zero-order valence-corrected chi connectivity index (χ0v) is 14.9. The van der Waals surface area contributed by atoms with Gasteiger partial charge in [0.15, 0.2) is 0 Å². The van der Waals surface area contributed by atoms with E-state index in [-0.39, 0.29) is 17.8 Å². The molecule has 4 nitrogen and oxygen atoms in total. The van der Waals surface area contributed by atoms with Crippen molar-refractivity contribution in [2.75, 3.05) is 0 Å². The summed E-state index contributed by atoms with van der Waals surface area (Å²) in [7, 11) is 0. The fourth-order valence-corrected chi connectivity index (χ4v) is 3.68. The van der Waals surface area contributed by atoms with Crippen molar-refractivity contribution in [2.24, 2.45) is 28.3 Å². The van der Waals surface area contributed by atoms with Crippen molar-refractivity contribution < 1.29 is 23.1 Å². The van der Waals surface area contributed by atoms with E-state index in [1.807, 2.05) is 20.8 Å². The Morgan fingerprint density at radius 3 is 2.46 bits per heavy atom. The van der Waals surface area contributed by atoms with Crippen molar-refractivity contribution in [3.63, 3.8) is 0 Å². The lowest BCUT2D eigenvalue weighted by Gasteiger charge is -2.43. The molecule has 1 heterocycles. The highest BCUT2D eigenvalue weighted by Gasteiger charge is 2.69. The van der Waals surface area contributed by atoms with Gasteiger partial charge in [0, 0.05) is 11.6 Å². The largest absolute Gasteiger partial charge is 0.439 e. The maximum Gasteiger partial charge on any atom is 0.439 e. The number of halogens is 3. The van der Waals surface area contributed by atoms with Gasteiger partial charge in [0.2, 0.25) is 5.91 Å². The number of nitrogens with zero attached hydrogens (tertiary/aromatic N) is 2. The van der Waals surface area contributed by atoms with Crippen molar-refractivity contribution in [3.8, 4) is 0 Å². The van der Waals surface area contributed by atoms with Gasteiger partial charge in [0.25, 0.3) is 5.72 Å². The van der Waals surface area contributed by atoms with E-state index in [0.717, 1.165) is 12.8 Å². The molecule has 3 atom stereocenters. The number of rotatable bonds is 3. The predicted octanol–water partition coefficient (Wildman–Crippen LogP) is 3.94. The van der Waals surface area contributed by atoms with Gasteiger partial charge in [-0.2, -0.15) is 23.3 Å². The molecule has 1 aliphatic heterocycles. The van der Waals surface area contributed by atoms with Crippen molar-refractivity contribution in [1.82, 2.24) is 5.01 Å². The summed E-state index contributed by atoms with van der Waals surface area (Å²) >= 11 is 0. The van der Waals surface area contributed by atoms with Crippen molar-refractivity contribution in [2.45, 2.75) is 72.2 Å². The molecule has 1 aliphatic carbocycles. The van der Waals surface area contributed by atoms with Gasteiger partial charge in [-0.3, -0.25) is 4.79 Å². The summed E-state index contributed by atoms with van der Waals surface area (Å²) in [6.07, 6.45) is -2.80. The lowest BCUT2D eigenvalue weighted by molar-refractivity contribution is -0.319. The quantitative estimate of drug-likeness (QED) is 0.840. The number of carbonyl (C=O) groups excluding carboxylic acids is 1. The van der Waals surface area contributed by atoms with Crippen LogP contribution in [0.15, 0.2) is 5.10 Å². The summed E-state index contributed by atoms with van der Waals surface area (Å²) in [5.41, 5.74) is -3.05. The molecular formula is C17H27F3N2O2. The highest BCUT2D eigenvalue weighted by atomic mass is 19.4. The number of hydrogen-bond donors (Lipinski definition) is 1. The molecular weight excluding hydrogens is 321 g/mol. The van der Waals surface area contributed by atoms with E-state index in [4.69, 9.17) is 0 Å². The number of hydrogen-bond acceptors (Lipinski definition) is 3. The van der Waals surface area contributed by atoms with Gasteiger partial charge in [-0.25, -0.2) is 0 Å². The number of carbonyl (C=O) groups is 1. The Bertz CT molecular complexity index is 542. The Balaban J connectivity index is 2.42. The van der Waals surface area contributed by atoms with E-state index in [9.17, 15) is 23.1 Å². The molecule has 1 saturated carbocycles. The Morgan fingerprint density at radius 2 is 2.00 bits per heavy atom. The lowest BCUT2D eigenvalue weighted by atomic mass is 9.64. The summed E-state index contributed by atoms with van der Waals surface area (Å²) in [6.45, 7) is 9.11. The van der Waals surface area contributed by atoms with Gasteiger partial charge in [-0.05, 0) is 30.6 Å². The lowest BCUT2D eigenvalue weighted by Crippen LogP contribution is -2.62. The Hall–Kier alpha value is -1.11. The molecule has 2 rings (SSSR count). The SMILES string of the molecule is CCC(C)(C)[C@@H]1CCC2=NN(C(=O)C(C)C)[C@@](O)(C(F)(F)F)[C@H]2C1. The normalized spacial score (nSPS) is 31.2. The summed E-state index contributed by atoms with van der Waals surface area (Å²) in [4.78, 5) is 12.2. The fourth-order valence-electron chi connectivity index (χ4n) is 3.68. The van der Waals surface area contributed by atoms with E-state index in [1.54, 1.807) is 0 Å². The third-order valence-electron chi connectivity index (χ3n) is 5.84. The minimum Gasteiger partial charge on any atom is -0.362 e. The van der Waals surface area contributed by atoms with Crippen LogP contribution in [-0.2, 0) is 4.79 Å². The number of hydrazone groups is 1. The molecule has 0 saturated heterocycles. The molecule has 24 heavy (non-hydrogen) atoms. The minimum atomic E-state index is -4.95. The highest BCUT2D eigenvalue weighted by Crippen LogP contribution is 2.52. The average molecular weight is 348 g/mol. The molecule has 0 radical (unpaired) electrons. The molecule has 7 heteroatoms. The Kier molecular flexibility index (Phi) is 4.81. The standard InChI is InChI=1S/C17H27F3N2O2/c1-6-15(4,5)11-7-8-13-12(9-11)16(24,17(18,19)20)22(21-13)14(23)10(2)3/h10-12,24H,6-9H2,1-5H3/t11-,12+,16+/m1/s1. The van der Waals surface area contributed by atoms with Crippen molar-refractivity contribution >= 4 is 11.6 Å². The third-order valence-corrected chi connectivity index (χ3v) is 5.84. The van der Waals surface area contributed by atoms with E-state index in [1.165, 1.54) is 13.8 Å². The van der Waals surface area contributed by atoms with Crippen LogP contribution in [0.25, 0.3) is 0 Å². The molecule has 138 valence electrons. The first-order valence-corrected chi connectivity index (χ1v) is 8.56. The minimum absolute atomic E-state index is 0.0504. The highest BCUT2D eigenvalue weighted by molar-refractivity contribution is 5.93. The van der Waals surface area contributed by atoms with E-state index < -0.39 is 29.6 Å². The first-order valence-electron chi connectivity index (χ1n) is 8.56. The second kappa shape index (κ2) is 6.00. The topological polar surface area (TPSA) is 52.9 Å². The van der Waals surface area contributed by atoms with Gasteiger partial charge in [-0.15, -0.1) is 0 Å². The molecule has 1 N–H and O–H groups in total. The second-order valence-electron chi connectivity index (χ2n) is 7.99. The maximum atomic E-state index is 13.8. The van der Waals surface area contributed by atoms with Crippen LogP contribution in [-0.4, -0.2) is 33.6 Å². The summed E-state index contributed by atoms with van der Waals surface area (Å²) < 4.78 is 41.3. The monoisotopic (exact) mass is 348 g/mol. The van der Waals surface area contributed by atoms with Crippen LogP contribution in [0.2, 0.25) is 0 Å². The van der Waals surface area contributed by atoms with Crippen LogP contribution in [0, 0.1) is 23.2 Å². The van der Waals surface area contributed by atoms with Crippen LogP contribution in [0.3, 0.4) is 0 Å². The average Bonchev–Trinajstić information content (AvgIpc) is 2.80. The van der Waals surface area contributed by atoms with Gasteiger partial charge in [0.05, 0.1) is 5.92 Å². The number of amides is 1. The fraction of sp³-hybridized carbons (Fsp3) is 0.882. The molecule has 2 aliphatic rings. The smallest absolute Gasteiger partial charge is 0.362 e.